The van der Waals surface area contributed by atoms with E-state index in [2.05, 4.69) is 5.32 Å². The molecule has 24 heavy (non-hydrogen) atoms. The van der Waals surface area contributed by atoms with Gasteiger partial charge in [0.2, 0.25) is 0 Å². The van der Waals surface area contributed by atoms with Crippen LogP contribution < -0.4 is 10.2 Å². The summed E-state index contributed by atoms with van der Waals surface area (Å²) in [6.07, 6.45) is 2.21. The maximum atomic E-state index is 13.8. The third-order valence-electron chi connectivity index (χ3n) is 4.32. The van der Waals surface area contributed by atoms with Gasteiger partial charge in [0.1, 0.15) is 12.4 Å². The van der Waals surface area contributed by atoms with Crippen LogP contribution in [-0.2, 0) is 17.9 Å². The van der Waals surface area contributed by atoms with Gasteiger partial charge >= 0.3 is 0 Å². The maximum absolute atomic E-state index is 13.8. The Morgan fingerprint density at radius 1 is 1.17 bits per heavy atom. The molecule has 3 rings (SSSR count). The second-order valence-electron chi connectivity index (χ2n) is 6.28. The molecule has 2 N–H and O–H groups in total. The normalized spacial score (nSPS) is 15.1. The molecule has 1 amide bonds. The summed E-state index contributed by atoms with van der Waals surface area (Å²) in [5, 5.41) is 3.62. The zero-order valence-corrected chi connectivity index (χ0v) is 14.2. The van der Waals surface area contributed by atoms with Crippen LogP contribution in [-0.4, -0.2) is 18.5 Å². The topological polar surface area (TPSA) is 33.5 Å². The molecule has 0 heterocycles. The zero-order valence-electron chi connectivity index (χ0n) is 13.4. The highest BCUT2D eigenvalue weighted by molar-refractivity contribution is 6.30. The van der Waals surface area contributed by atoms with Crippen molar-refractivity contribution >= 4 is 17.5 Å². The van der Waals surface area contributed by atoms with Crippen molar-refractivity contribution in [3.8, 4) is 0 Å². The highest BCUT2D eigenvalue weighted by Crippen LogP contribution is 2.16. The van der Waals surface area contributed by atoms with Gasteiger partial charge in [-0.05, 0) is 23.8 Å². The molecule has 1 atom stereocenters. The molecule has 0 bridgehead atoms. The van der Waals surface area contributed by atoms with Crippen LogP contribution in [0.2, 0.25) is 5.02 Å². The van der Waals surface area contributed by atoms with Gasteiger partial charge in [-0.2, -0.15) is 0 Å². The van der Waals surface area contributed by atoms with Gasteiger partial charge in [0, 0.05) is 30.0 Å². The lowest BCUT2D eigenvalue weighted by Crippen LogP contribution is -3.13. The van der Waals surface area contributed by atoms with Crippen LogP contribution in [0, 0.1) is 5.82 Å². The maximum Gasteiger partial charge on any atom is 0.275 e. The zero-order chi connectivity index (χ0) is 16.9. The number of halogens is 2. The fourth-order valence-electron chi connectivity index (χ4n) is 2.80. The van der Waals surface area contributed by atoms with Crippen LogP contribution in [0.3, 0.4) is 0 Å². The van der Waals surface area contributed by atoms with E-state index in [0.29, 0.717) is 36.3 Å². The molecule has 126 valence electrons. The highest BCUT2D eigenvalue weighted by Gasteiger charge is 2.34. The molecule has 3 nitrogen and oxygen atoms in total. The number of carbonyl (C=O) groups excluding carboxylic acids is 1. The predicted octanol–water partition coefficient (Wildman–Crippen LogP) is 2.34. The molecular weight excluding hydrogens is 327 g/mol. The average Bonchev–Trinajstić information content (AvgIpc) is 3.41. The summed E-state index contributed by atoms with van der Waals surface area (Å²) in [5.74, 6) is -0.208. The van der Waals surface area contributed by atoms with E-state index in [-0.39, 0.29) is 11.7 Å². The molecule has 1 saturated carbocycles. The van der Waals surface area contributed by atoms with Gasteiger partial charge in [-0.3, -0.25) is 4.79 Å². The summed E-state index contributed by atoms with van der Waals surface area (Å²) in [7, 11) is 0. The van der Waals surface area contributed by atoms with E-state index in [1.165, 1.54) is 6.07 Å². The standard InChI is InChI=1S/C19H20ClFN2O/c20-16-7-5-14(6-8-16)11-22-19(24)13-23(17-9-10-17)12-15-3-1-2-4-18(15)21/h1-8,17H,9-13H2,(H,22,24)/p+1. The van der Waals surface area contributed by atoms with E-state index in [9.17, 15) is 9.18 Å². The van der Waals surface area contributed by atoms with E-state index in [0.717, 1.165) is 23.3 Å². The van der Waals surface area contributed by atoms with Crippen LogP contribution >= 0.6 is 11.6 Å². The van der Waals surface area contributed by atoms with Gasteiger partial charge < -0.3 is 10.2 Å². The molecule has 1 aliphatic carbocycles. The minimum absolute atomic E-state index is 0.0109. The smallest absolute Gasteiger partial charge is 0.275 e. The van der Waals surface area contributed by atoms with Crippen molar-refractivity contribution < 1.29 is 14.1 Å². The third kappa shape index (κ3) is 4.79. The van der Waals surface area contributed by atoms with Crippen LogP contribution in [0.5, 0.6) is 0 Å². The van der Waals surface area contributed by atoms with E-state index >= 15 is 0 Å². The fraction of sp³-hybridized carbons (Fsp3) is 0.316. The largest absolute Gasteiger partial charge is 0.347 e. The van der Waals surface area contributed by atoms with Crippen molar-refractivity contribution in [3.63, 3.8) is 0 Å². The lowest BCUT2D eigenvalue weighted by atomic mass is 10.2. The van der Waals surface area contributed by atoms with Gasteiger partial charge in [0.25, 0.3) is 5.91 Å². The van der Waals surface area contributed by atoms with Crippen molar-refractivity contribution in [2.24, 2.45) is 0 Å². The number of carbonyl (C=O) groups is 1. The number of amides is 1. The number of rotatable bonds is 7. The monoisotopic (exact) mass is 347 g/mol. The summed E-state index contributed by atoms with van der Waals surface area (Å²) in [6.45, 7) is 1.39. The van der Waals surface area contributed by atoms with E-state index in [1.807, 2.05) is 30.3 Å². The van der Waals surface area contributed by atoms with Crippen molar-refractivity contribution in [1.82, 2.24) is 5.32 Å². The van der Waals surface area contributed by atoms with Crippen LogP contribution in [0.15, 0.2) is 48.5 Å². The molecular formula is C19H21ClFN2O+. The Balaban J connectivity index is 1.54. The first kappa shape index (κ1) is 16.9. The average molecular weight is 348 g/mol. The lowest BCUT2D eigenvalue weighted by molar-refractivity contribution is -0.917. The molecule has 1 unspecified atom stereocenters. The van der Waals surface area contributed by atoms with Crippen LogP contribution in [0.25, 0.3) is 0 Å². The van der Waals surface area contributed by atoms with Gasteiger partial charge in [0.15, 0.2) is 6.54 Å². The Kier molecular flexibility index (Phi) is 5.48. The number of benzene rings is 2. The van der Waals surface area contributed by atoms with Crippen LogP contribution in [0.4, 0.5) is 4.39 Å². The predicted molar refractivity (Wildman–Crippen MR) is 92.3 cm³/mol. The summed E-state index contributed by atoms with van der Waals surface area (Å²) in [5.41, 5.74) is 1.68. The summed E-state index contributed by atoms with van der Waals surface area (Å²) in [4.78, 5) is 13.4. The highest BCUT2D eigenvalue weighted by atomic mass is 35.5. The van der Waals surface area contributed by atoms with Crippen LogP contribution in [0.1, 0.15) is 24.0 Å². The summed E-state index contributed by atoms with van der Waals surface area (Å²) < 4.78 is 13.8. The minimum atomic E-state index is -0.197. The second-order valence-corrected chi connectivity index (χ2v) is 6.72. The summed E-state index contributed by atoms with van der Waals surface area (Å²) >= 11 is 5.85. The molecule has 2 aromatic rings. The third-order valence-corrected chi connectivity index (χ3v) is 4.57. The minimum Gasteiger partial charge on any atom is -0.347 e. The Morgan fingerprint density at radius 3 is 2.54 bits per heavy atom. The second kappa shape index (κ2) is 7.77. The lowest BCUT2D eigenvalue weighted by Gasteiger charge is -2.19. The molecule has 0 spiro atoms. The van der Waals surface area contributed by atoms with Gasteiger partial charge in [-0.15, -0.1) is 0 Å². The number of hydrogen-bond donors (Lipinski definition) is 2. The Hall–Kier alpha value is -1.91. The first-order valence-corrected chi connectivity index (χ1v) is 8.59. The van der Waals surface area contributed by atoms with Crippen molar-refractivity contribution in [2.45, 2.75) is 32.0 Å². The Labute approximate surface area is 146 Å². The van der Waals surface area contributed by atoms with E-state index in [4.69, 9.17) is 11.6 Å². The molecule has 0 aromatic heterocycles. The molecule has 1 aliphatic rings. The van der Waals surface area contributed by atoms with Gasteiger partial charge in [-0.1, -0.05) is 41.9 Å². The Bertz CT molecular complexity index is 701. The van der Waals surface area contributed by atoms with Crippen molar-refractivity contribution in [3.05, 3.63) is 70.5 Å². The molecule has 2 aromatic carbocycles. The van der Waals surface area contributed by atoms with Gasteiger partial charge in [0.05, 0.1) is 6.04 Å². The molecule has 0 saturated heterocycles. The first-order chi connectivity index (χ1) is 11.6. The first-order valence-electron chi connectivity index (χ1n) is 8.21. The fourth-order valence-corrected chi connectivity index (χ4v) is 2.93. The van der Waals surface area contributed by atoms with E-state index in [1.54, 1.807) is 12.1 Å². The summed E-state index contributed by atoms with van der Waals surface area (Å²) in [6, 6.07) is 14.7. The van der Waals surface area contributed by atoms with Gasteiger partial charge in [-0.25, -0.2) is 4.39 Å². The quantitative estimate of drug-likeness (QED) is 0.792. The number of quaternary nitrogens is 1. The SMILES string of the molecule is O=C(C[NH+](Cc1ccccc1F)C1CC1)NCc1ccc(Cl)cc1. The molecule has 0 radical (unpaired) electrons. The number of hydrogen-bond acceptors (Lipinski definition) is 1. The molecule has 0 aliphatic heterocycles. The van der Waals surface area contributed by atoms with E-state index < -0.39 is 0 Å². The molecule has 1 fully saturated rings. The number of nitrogens with one attached hydrogen (secondary N) is 2. The van der Waals surface area contributed by atoms with Crippen molar-refractivity contribution in [1.29, 1.82) is 0 Å². The van der Waals surface area contributed by atoms with Crippen molar-refractivity contribution in [2.75, 3.05) is 6.54 Å². The Morgan fingerprint density at radius 2 is 1.88 bits per heavy atom. The molecule has 5 heteroatoms.